The summed E-state index contributed by atoms with van der Waals surface area (Å²) in [6.07, 6.45) is 5.31. The smallest absolute Gasteiger partial charge is 0.450 e. The Bertz CT molecular complexity index is 2120. The number of nitrogens with one attached hydrogen (secondary N) is 2. The minimum absolute atomic E-state index is 0.0622. The Balaban J connectivity index is 0.979. The molecule has 0 aromatic heterocycles. The van der Waals surface area contributed by atoms with Gasteiger partial charge in [0, 0.05) is 74.1 Å². The standard InChI is InChI=1S/C44H53B2N6O5/c47-24-27-3-1-5-31(19-27)29-11-15-51(16-12-29)43(53)35-7-9-39(46(56)57)42-37(35)21-34(26-49-42)33-22-38(45-55)36-8-10-40(50-41(36)23-33)44(54)52-17-13-30(14-18-52)32-6-2-4-28(20-32)25-48/h1-7,9,19-20,22-23,29-30,34,40,49-50,55-57H,8,10-18,21,24-26,47-48H2. The topological polar surface area (TPSA) is 177 Å². The van der Waals surface area contributed by atoms with Crippen LogP contribution < -0.4 is 33.0 Å². The van der Waals surface area contributed by atoms with Crippen molar-refractivity contribution in [1.82, 2.24) is 9.80 Å². The Kier molecular flexibility index (Phi) is 11.7. The highest BCUT2D eigenvalue weighted by Crippen LogP contribution is 2.37. The van der Waals surface area contributed by atoms with Gasteiger partial charge in [0.15, 0.2) is 0 Å². The molecule has 8 rings (SSSR count). The number of carbonyl (C=O) groups excluding carboxylic acids is 2. The monoisotopic (exact) mass is 767 g/mol. The first-order chi connectivity index (χ1) is 27.7. The third-order valence-electron chi connectivity index (χ3n) is 13.0. The van der Waals surface area contributed by atoms with Crippen molar-refractivity contribution in [2.24, 2.45) is 11.5 Å². The number of nitrogens with two attached hydrogens (primary N) is 2. The molecule has 4 aliphatic heterocycles. The predicted octanol–water partition coefficient (Wildman–Crippen LogP) is 2.43. The maximum atomic E-state index is 14.2. The van der Waals surface area contributed by atoms with Crippen molar-refractivity contribution in [3.05, 3.63) is 117 Å². The molecule has 4 aliphatic rings. The number of piperidine rings is 2. The summed E-state index contributed by atoms with van der Waals surface area (Å²) in [5.74, 6) is 0.719. The molecule has 2 fully saturated rings. The van der Waals surface area contributed by atoms with E-state index in [-0.39, 0.29) is 23.8 Å². The summed E-state index contributed by atoms with van der Waals surface area (Å²) >= 11 is 0. The van der Waals surface area contributed by atoms with Gasteiger partial charge in [0.05, 0.1) is 0 Å². The van der Waals surface area contributed by atoms with Crippen molar-refractivity contribution in [2.75, 3.05) is 43.4 Å². The highest BCUT2D eigenvalue weighted by atomic mass is 16.4. The zero-order valence-corrected chi connectivity index (χ0v) is 32.5. The van der Waals surface area contributed by atoms with Crippen molar-refractivity contribution in [2.45, 2.75) is 81.8 Å². The lowest BCUT2D eigenvalue weighted by molar-refractivity contribution is -0.133. The summed E-state index contributed by atoms with van der Waals surface area (Å²) < 4.78 is 0. The van der Waals surface area contributed by atoms with Gasteiger partial charge in [0.2, 0.25) is 5.91 Å². The minimum atomic E-state index is -1.70. The third-order valence-corrected chi connectivity index (χ3v) is 13.0. The highest BCUT2D eigenvalue weighted by Gasteiger charge is 2.35. The van der Waals surface area contributed by atoms with Crippen LogP contribution in [0.5, 0.6) is 0 Å². The van der Waals surface area contributed by atoms with Gasteiger partial charge in [-0.2, -0.15) is 0 Å². The fraction of sp³-hybridized carbons (Fsp3) is 0.409. The summed E-state index contributed by atoms with van der Waals surface area (Å²) in [5, 5.41) is 38.0. The molecule has 4 heterocycles. The van der Waals surface area contributed by atoms with Gasteiger partial charge in [0.25, 0.3) is 5.91 Å². The highest BCUT2D eigenvalue weighted by molar-refractivity contribution is 6.60. The van der Waals surface area contributed by atoms with Crippen LogP contribution in [0.15, 0.2) is 72.8 Å². The maximum absolute atomic E-state index is 14.2. The molecule has 13 heteroatoms. The average Bonchev–Trinajstić information content (AvgIpc) is 3.27. The number of anilines is 2. The van der Waals surface area contributed by atoms with Crippen LogP contribution >= 0.6 is 0 Å². The molecular formula is C44H53B2N6O5. The lowest BCUT2D eigenvalue weighted by Crippen LogP contribution is -2.48. The zero-order chi connectivity index (χ0) is 39.6. The van der Waals surface area contributed by atoms with E-state index in [2.05, 4.69) is 59.2 Å². The Hall–Kier alpha value is -4.65. The van der Waals surface area contributed by atoms with Crippen molar-refractivity contribution < 1.29 is 24.7 Å². The summed E-state index contributed by atoms with van der Waals surface area (Å²) in [7, 11) is -0.551. The number of hydrogen-bond donors (Lipinski definition) is 7. The summed E-state index contributed by atoms with van der Waals surface area (Å²) in [4.78, 5) is 32.1. The predicted molar refractivity (Wildman–Crippen MR) is 226 cm³/mol. The van der Waals surface area contributed by atoms with Crippen LogP contribution in [0, 0.1) is 0 Å². The lowest BCUT2D eigenvalue weighted by atomic mass is 9.73. The fourth-order valence-corrected chi connectivity index (χ4v) is 9.68. The Morgan fingerprint density at radius 1 is 0.754 bits per heavy atom. The number of amides is 2. The van der Waals surface area contributed by atoms with Gasteiger partial charge in [-0.25, -0.2) is 0 Å². The molecule has 2 saturated heterocycles. The van der Waals surface area contributed by atoms with Crippen LogP contribution in [-0.4, -0.2) is 90.1 Å². The zero-order valence-electron chi connectivity index (χ0n) is 32.5. The van der Waals surface area contributed by atoms with E-state index in [0.717, 1.165) is 66.7 Å². The van der Waals surface area contributed by atoms with Gasteiger partial charge < -0.3 is 47.0 Å². The molecule has 2 unspecified atom stereocenters. The normalized spacial score (nSPS) is 19.9. The van der Waals surface area contributed by atoms with E-state index in [4.69, 9.17) is 11.5 Å². The van der Waals surface area contributed by atoms with Crippen LogP contribution in [0.1, 0.15) is 99.2 Å². The van der Waals surface area contributed by atoms with Gasteiger partial charge in [0.1, 0.15) is 6.04 Å². The van der Waals surface area contributed by atoms with E-state index < -0.39 is 7.12 Å². The van der Waals surface area contributed by atoms with Crippen LogP contribution in [0.2, 0.25) is 0 Å². The minimum Gasteiger partial charge on any atom is -0.450 e. The van der Waals surface area contributed by atoms with Crippen LogP contribution in [-0.2, 0) is 30.7 Å². The van der Waals surface area contributed by atoms with E-state index in [0.29, 0.717) is 99.1 Å². The van der Waals surface area contributed by atoms with E-state index in [9.17, 15) is 24.7 Å². The number of benzene rings is 4. The van der Waals surface area contributed by atoms with E-state index in [1.54, 1.807) is 12.1 Å². The van der Waals surface area contributed by atoms with Crippen molar-refractivity contribution >= 4 is 48.7 Å². The van der Waals surface area contributed by atoms with E-state index in [1.165, 1.54) is 11.1 Å². The molecule has 0 bridgehead atoms. The number of fused-ring (bicyclic) bond motifs is 2. The third kappa shape index (κ3) is 8.09. The quantitative estimate of drug-likeness (QED) is 0.126. The summed E-state index contributed by atoms with van der Waals surface area (Å²) in [6, 6.07) is 24.0. The number of nitrogens with zero attached hydrogens (tertiary/aromatic N) is 2. The van der Waals surface area contributed by atoms with E-state index >= 15 is 0 Å². The number of likely N-dealkylation sites (tertiary alicyclic amines) is 2. The SMILES string of the molecule is NCc1cccc(C2CCN(C(=O)c3ccc(B(O)O)c4c3CC(c3cc([B]O)c5c(c3)NC(C(=O)N3CCC(c6cccc(CN)c6)CC3)CC5)CN4)CC2)c1. The average molecular weight is 768 g/mol. The first-order valence-electron chi connectivity index (χ1n) is 20.6. The number of rotatable bonds is 9. The Labute approximate surface area is 336 Å². The summed E-state index contributed by atoms with van der Waals surface area (Å²) in [5.41, 5.74) is 22.3. The molecule has 11 nitrogen and oxygen atoms in total. The van der Waals surface area contributed by atoms with Gasteiger partial charge in [-0.3, -0.25) is 9.59 Å². The van der Waals surface area contributed by atoms with Crippen molar-refractivity contribution in [1.29, 1.82) is 0 Å². The second kappa shape index (κ2) is 17.1. The molecule has 2 amide bonds. The Morgan fingerprint density at radius 2 is 1.39 bits per heavy atom. The summed E-state index contributed by atoms with van der Waals surface area (Å²) in [6.45, 7) is 4.17. The van der Waals surface area contributed by atoms with Crippen LogP contribution in [0.25, 0.3) is 0 Å². The van der Waals surface area contributed by atoms with Gasteiger partial charge in [-0.15, -0.1) is 0 Å². The molecule has 295 valence electrons. The number of carbonyl (C=O) groups is 2. The van der Waals surface area contributed by atoms with Gasteiger partial charge in [-0.05, 0) is 113 Å². The molecule has 2 atom stereocenters. The molecule has 0 spiro atoms. The molecule has 4 aromatic rings. The largest absolute Gasteiger partial charge is 0.490 e. The molecule has 9 N–H and O–H groups in total. The van der Waals surface area contributed by atoms with Gasteiger partial charge in [-0.1, -0.05) is 60.7 Å². The van der Waals surface area contributed by atoms with E-state index in [1.807, 2.05) is 21.9 Å². The van der Waals surface area contributed by atoms with Crippen LogP contribution in [0.3, 0.4) is 0 Å². The second-order valence-corrected chi connectivity index (χ2v) is 16.3. The molecule has 57 heavy (non-hydrogen) atoms. The molecule has 0 aliphatic carbocycles. The molecule has 0 saturated carbocycles. The lowest BCUT2D eigenvalue weighted by Gasteiger charge is -2.37. The Morgan fingerprint density at radius 3 is 1.98 bits per heavy atom. The second-order valence-electron chi connectivity index (χ2n) is 16.3. The first-order valence-corrected chi connectivity index (χ1v) is 20.6. The maximum Gasteiger partial charge on any atom is 0.490 e. The molecule has 4 aromatic carbocycles. The fourth-order valence-electron chi connectivity index (χ4n) is 9.68. The van der Waals surface area contributed by atoms with Gasteiger partial charge >= 0.3 is 14.6 Å². The molecule has 1 radical (unpaired) electrons. The van der Waals surface area contributed by atoms with Crippen molar-refractivity contribution in [3.63, 3.8) is 0 Å². The molecular weight excluding hydrogens is 714 g/mol. The van der Waals surface area contributed by atoms with Crippen LogP contribution in [0.4, 0.5) is 11.4 Å². The number of hydrogen-bond acceptors (Lipinski definition) is 9. The first kappa shape index (κ1) is 39.2. The van der Waals surface area contributed by atoms with Crippen molar-refractivity contribution in [3.8, 4) is 0 Å².